The van der Waals surface area contributed by atoms with Crippen molar-refractivity contribution >= 4 is 50.9 Å². The first-order valence-electron chi connectivity index (χ1n) is 10.8. The van der Waals surface area contributed by atoms with Gasteiger partial charge in [0.1, 0.15) is 18.4 Å². The molecule has 180 valence electrons. The van der Waals surface area contributed by atoms with Gasteiger partial charge in [-0.3, -0.25) is 9.36 Å². The van der Waals surface area contributed by atoms with Gasteiger partial charge in [0.25, 0.3) is 5.56 Å². The number of carbonyl (C=O) groups is 1. The summed E-state index contributed by atoms with van der Waals surface area (Å²) in [5.74, 6) is 0.0880. The summed E-state index contributed by atoms with van der Waals surface area (Å²) in [5, 5.41) is 0.440. The molecule has 2 aromatic carbocycles. The lowest BCUT2D eigenvalue weighted by Gasteiger charge is -2.25. The molecule has 3 aromatic rings. The monoisotopic (exact) mass is 572 g/mol. The molecule has 0 spiro atoms. The van der Waals surface area contributed by atoms with Crippen LogP contribution in [0, 0.1) is 0 Å². The van der Waals surface area contributed by atoms with Crippen molar-refractivity contribution < 1.29 is 14.3 Å². The van der Waals surface area contributed by atoms with Crippen LogP contribution in [0.25, 0.3) is 6.08 Å². The second-order valence-corrected chi connectivity index (χ2v) is 9.94. The molecule has 0 saturated heterocycles. The number of esters is 1. The highest BCUT2D eigenvalue weighted by atomic mass is 79.9. The Bertz CT molecular complexity index is 1520. The van der Waals surface area contributed by atoms with Crippen molar-refractivity contribution in [1.29, 1.82) is 0 Å². The number of halogens is 2. The summed E-state index contributed by atoms with van der Waals surface area (Å²) in [6.45, 7) is 7.69. The summed E-state index contributed by atoms with van der Waals surface area (Å²) in [4.78, 5) is 31.8. The minimum absolute atomic E-state index is 0.200. The minimum Gasteiger partial charge on any atom is -0.489 e. The average molecular weight is 574 g/mol. The SMILES string of the molecule is C=CCOc1ccc(Br)cc1/C=c1\sc2n(c1=O)[C@@H](c1ccccc1Cl)C(C(=O)OCC)=C(C)N=2. The van der Waals surface area contributed by atoms with E-state index in [9.17, 15) is 9.59 Å². The molecule has 1 aliphatic rings. The average Bonchev–Trinajstić information content (AvgIpc) is 3.12. The van der Waals surface area contributed by atoms with E-state index in [1.54, 1.807) is 44.2 Å². The molecule has 0 aliphatic carbocycles. The fourth-order valence-corrected chi connectivity index (χ4v) is 5.49. The van der Waals surface area contributed by atoms with E-state index in [2.05, 4.69) is 27.5 Å². The number of ether oxygens (including phenoxy) is 2. The predicted octanol–water partition coefficient (Wildman–Crippen LogP) is 4.78. The fraction of sp³-hybridized carbons (Fsp3) is 0.192. The number of hydrogen-bond donors (Lipinski definition) is 0. The Morgan fingerprint density at radius 2 is 2.09 bits per heavy atom. The molecule has 4 rings (SSSR count). The Labute approximate surface area is 219 Å². The molecule has 0 N–H and O–H groups in total. The van der Waals surface area contributed by atoms with Crippen LogP contribution < -0.4 is 19.6 Å². The third kappa shape index (κ3) is 5.05. The normalized spacial score (nSPS) is 15.4. The van der Waals surface area contributed by atoms with Gasteiger partial charge in [0.15, 0.2) is 4.80 Å². The molecule has 0 amide bonds. The first-order valence-corrected chi connectivity index (χ1v) is 12.8. The highest BCUT2D eigenvalue weighted by Crippen LogP contribution is 2.34. The summed E-state index contributed by atoms with van der Waals surface area (Å²) in [6.07, 6.45) is 3.42. The standard InChI is InChI=1S/C26H22BrClN2O4S/c1-4-12-34-20-11-10-17(27)13-16(20)14-21-24(31)30-23(18-8-6-7-9-19(18)28)22(25(32)33-5-2)15(3)29-26(30)35-21/h4,6-11,13-14,23H,1,5,12H2,2-3H3/b21-14-/t23-/m0/s1. The van der Waals surface area contributed by atoms with Crippen LogP contribution >= 0.6 is 38.9 Å². The minimum atomic E-state index is -0.764. The number of rotatable bonds is 7. The van der Waals surface area contributed by atoms with E-state index in [-0.39, 0.29) is 17.7 Å². The van der Waals surface area contributed by atoms with Gasteiger partial charge in [0.2, 0.25) is 0 Å². The molecule has 35 heavy (non-hydrogen) atoms. The van der Waals surface area contributed by atoms with Gasteiger partial charge in [0.05, 0.1) is 22.4 Å². The highest BCUT2D eigenvalue weighted by Gasteiger charge is 2.34. The summed E-state index contributed by atoms with van der Waals surface area (Å²) < 4.78 is 13.9. The van der Waals surface area contributed by atoms with Crippen LogP contribution in [0.2, 0.25) is 5.02 Å². The number of carbonyl (C=O) groups excluding carboxylic acids is 1. The lowest BCUT2D eigenvalue weighted by Crippen LogP contribution is -2.40. The van der Waals surface area contributed by atoms with Gasteiger partial charge in [-0.1, -0.05) is 69.7 Å². The lowest BCUT2D eigenvalue weighted by molar-refractivity contribution is -0.139. The molecule has 0 unspecified atom stereocenters. The van der Waals surface area contributed by atoms with E-state index >= 15 is 0 Å². The molecule has 2 heterocycles. The zero-order valence-corrected chi connectivity index (χ0v) is 22.2. The molecule has 0 bridgehead atoms. The van der Waals surface area contributed by atoms with Crippen LogP contribution in [0.5, 0.6) is 5.75 Å². The second-order valence-electron chi connectivity index (χ2n) is 7.61. The summed E-state index contributed by atoms with van der Waals surface area (Å²) in [7, 11) is 0. The second kappa shape index (κ2) is 10.8. The van der Waals surface area contributed by atoms with Crippen molar-refractivity contribution in [2.75, 3.05) is 13.2 Å². The molecule has 1 aliphatic heterocycles. The zero-order valence-electron chi connectivity index (χ0n) is 19.1. The Kier molecular flexibility index (Phi) is 7.74. The maximum Gasteiger partial charge on any atom is 0.338 e. The number of benzene rings is 2. The van der Waals surface area contributed by atoms with Gasteiger partial charge >= 0.3 is 5.97 Å². The maximum atomic E-state index is 13.8. The van der Waals surface area contributed by atoms with Gasteiger partial charge in [-0.2, -0.15) is 0 Å². The lowest BCUT2D eigenvalue weighted by atomic mass is 9.96. The van der Waals surface area contributed by atoms with Crippen LogP contribution in [0.4, 0.5) is 0 Å². The number of fused-ring (bicyclic) bond motifs is 1. The molecule has 6 nitrogen and oxygen atoms in total. The Morgan fingerprint density at radius 3 is 2.80 bits per heavy atom. The zero-order chi connectivity index (χ0) is 25.1. The number of aromatic nitrogens is 1. The molecule has 0 saturated carbocycles. The molecule has 1 aromatic heterocycles. The fourth-order valence-electron chi connectivity index (χ4n) is 3.84. The van der Waals surface area contributed by atoms with Gasteiger partial charge in [-0.05, 0) is 49.8 Å². The molecule has 0 fully saturated rings. The summed E-state index contributed by atoms with van der Waals surface area (Å²) >= 11 is 11.3. The van der Waals surface area contributed by atoms with Crippen molar-refractivity contribution in [2.45, 2.75) is 19.9 Å². The largest absolute Gasteiger partial charge is 0.489 e. The van der Waals surface area contributed by atoms with Crippen LogP contribution in [0.15, 0.2) is 80.6 Å². The van der Waals surface area contributed by atoms with Gasteiger partial charge < -0.3 is 9.47 Å². The van der Waals surface area contributed by atoms with E-state index in [1.165, 1.54) is 15.9 Å². The predicted molar refractivity (Wildman–Crippen MR) is 142 cm³/mol. The Hall–Kier alpha value is -2.94. The van der Waals surface area contributed by atoms with Crippen molar-refractivity contribution in [3.63, 3.8) is 0 Å². The van der Waals surface area contributed by atoms with E-state index in [0.29, 0.717) is 38.0 Å². The third-order valence-electron chi connectivity index (χ3n) is 5.33. The molecular formula is C26H22BrClN2O4S. The van der Waals surface area contributed by atoms with Crippen LogP contribution in [-0.2, 0) is 9.53 Å². The van der Waals surface area contributed by atoms with Crippen LogP contribution in [-0.4, -0.2) is 23.8 Å². The molecule has 1 atom stereocenters. The van der Waals surface area contributed by atoms with Gasteiger partial charge in [-0.25, -0.2) is 9.79 Å². The highest BCUT2D eigenvalue weighted by molar-refractivity contribution is 9.10. The first-order chi connectivity index (χ1) is 16.8. The van der Waals surface area contributed by atoms with Gasteiger partial charge in [0, 0.05) is 15.1 Å². The van der Waals surface area contributed by atoms with E-state index in [0.717, 1.165) is 10.0 Å². The number of allylic oxidation sites excluding steroid dienone is 1. The van der Waals surface area contributed by atoms with Crippen molar-refractivity contribution in [3.8, 4) is 5.75 Å². The molecule has 0 radical (unpaired) electrons. The quantitative estimate of drug-likeness (QED) is 0.301. The van der Waals surface area contributed by atoms with Crippen molar-refractivity contribution in [1.82, 2.24) is 4.57 Å². The van der Waals surface area contributed by atoms with E-state index < -0.39 is 12.0 Å². The van der Waals surface area contributed by atoms with E-state index in [1.807, 2.05) is 24.3 Å². The van der Waals surface area contributed by atoms with Crippen molar-refractivity contribution in [2.24, 2.45) is 4.99 Å². The van der Waals surface area contributed by atoms with Gasteiger partial charge in [-0.15, -0.1) is 0 Å². The summed E-state index contributed by atoms with van der Waals surface area (Å²) in [5.41, 5.74) is 1.83. The maximum absolute atomic E-state index is 13.8. The number of hydrogen-bond acceptors (Lipinski definition) is 6. The third-order valence-corrected chi connectivity index (χ3v) is 7.15. The topological polar surface area (TPSA) is 69.9 Å². The Morgan fingerprint density at radius 1 is 1.31 bits per heavy atom. The van der Waals surface area contributed by atoms with Crippen LogP contribution in [0.3, 0.4) is 0 Å². The first kappa shape index (κ1) is 25.2. The van der Waals surface area contributed by atoms with Crippen molar-refractivity contribution in [3.05, 3.63) is 107 Å². The smallest absolute Gasteiger partial charge is 0.338 e. The number of thiazole rings is 1. The Balaban J connectivity index is 1.96. The number of nitrogens with zero attached hydrogens (tertiary/aromatic N) is 2. The molecule has 9 heteroatoms. The summed E-state index contributed by atoms with van der Waals surface area (Å²) in [6, 6.07) is 12.0. The molecular weight excluding hydrogens is 552 g/mol. The van der Waals surface area contributed by atoms with E-state index in [4.69, 9.17) is 21.1 Å². The van der Waals surface area contributed by atoms with Crippen LogP contribution in [0.1, 0.15) is 31.0 Å².